The summed E-state index contributed by atoms with van der Waals surface area (Å²) in [6, 6.07) is 27.0. The van der Waals surface area contributed by atoms with Crippen LogP contribution in [0.2, 0.25) is 5.02 Å². The molecule has 0 N–H and O–H groups in total. The van der Waals surface area contributed by atoms with E-state index in [1.165, 1.54) is 28.2 Å². The molecule has 2 fully saturated rings. The second-order valence-corrected chi connectivity index (χ2v) is 11.3. The van der Waals surface area contributed by atoms with Crippen LogP contribution in [-0.4, -0.2) is 53.3 Å². The molecule has 39 heavy (non-hydrogen) atoms. The molecule has 4 aromatic rings. The first-order chi connectivity index (χ1) is 19.2. The molecule has 0 bridgehead atoms. The lowest BCUT2D eigenvalue weighted by Crippen LogP contribution is -2.46. The highest BCUT2D eigenvalue weighted by atomic mass is 35.5. The SMILES string of the molecule is Clc1ccc(-c2ccccc2CN2CCN(c3nc(C(OC4CCCCO4)c4ccccc4)ns3)CC2)cc1. The zero-order chi connectivity index (χ0) is 26.4. The number of anilines is 1. The predicted molar refractivity (Wildman–Crippen MR) is 157 cm³/mol. The van der Waals surface area contributed by atoms with Gasteiger partial charge in [-0.3, -0.25) is 4.90 Å². The van der Waals surface area contributed by atoms with Gasteiger partial charge in [0.2, 0.25) is 5.13 Å². The van der Waals surface area contributed by atoms with Gasteiger partial charge >= 0.3 is 0 Å². The summed E-state index contributed by atoms with van der Waals surface area (Å²) in [6.45, 7) is 5.44. The summed E-state index contributed by atoms with van der Waals surface area (Å²) in [4.78, 5) is 9.84. The van der Waals surface area contributed by atoms with Crippen LogP contribution >= 0.6 is 23.1 Å². The molecular weight excluding hydrogens is 528 g/mol. The normalized spacial score (nSPS) is 19.2. The van der Waals surface area contributed by atoms with E-state index in [-0.39, 0.29) is 12.4 Å². The molecule has 8 heteroatoms. The summed E-state index contributed by atoms with van der Waals surface area (Å²) in [5.41, 5.74) is 4.85. The Bertz CT molecular complexity index is 1340. The van der Waals surface area contributed by atoms with Crippen LogP contribution in [0.5, 0.6) is 0 Å². The maximum absolute atomic E-state index is 6.43. The number of hydrogen-bond acceptors (Lipinski definition) is 7. The van der Waals surface area contributed by atoms with Crippen LogP contribution < -0.4 is 4.90 Å². The third-order valence-electron chi connectivity index (χ3n) is 7.40. The lowest BCUT2D eigenvalue weighted by atomic mass is 9.99. The summed E-state index contributed by atoms with van der Waals surface area (Å²) in [5.74, 6) is 0.717. The van der Waals surface area contributed by atoms with Gasteiger partial charge in [-0.05, 0) is 53.6 Å². The van der Waals surface area contributed by atoms with Crippen molar-refractivity contribution in [2.75, 3.05) is 37.7 Å². The molecular formula is C31H33ClN4O2S. The van der Waals surface area contributed by atoms with Crippen LogP contribution in [0.1, 0.15) is 42.3 Å². The number of benzene rings is 3. The minimum Gasteiger partial charge on any atom is -0.353 e. The summed E-state index contributed by atoms with van der Waals surface area (Å²) in [5, 5.41) is 1.72. The van der Waals surface area contributed by atoms with Crippen molar-refractivity contribution in [3.05, 3.63) is 101 Å². The first-order valence-corrected chi connectivity index (χ1v) is 14.8. The Balaban J connectivity index is 1.11. The van der Waals surface area contributed by atoms with Gasteiger partial charge < -0.3 is 14.4 Å². The lowest BCUT2D eigenvalue weighted by Gasteiger charge is -2.34. The van der Waals surface area contributed by atoms with Crippen LogP contribution in [-0.2, 0) is 16.0 Å². The second kappa shape index (κ2) is 12.6. The van der Waals surface area contributed by atoms with Gasteiger partial charge in [0, 0.05) is 55.9 Å². The van der Waals surface area contributed by atoms with Crippen molar-refractivity contribution in [3.63, 3.8) is 0 Å². The van der Waals surface area contributed by atoms with E-state index in [1.54, 1.807) is 0 Å². The number of halogens is 1. The Hall–Kier alpha value is -2.81. The van der Waals surface area contributed by atoms with Gasteiger partial charge in [-0.1, -0.05) is 78.3 Å². The molecule has 2 aliphatic rings. The average molecular weight is 561 g/mol. The molecule has 3 heterocycles. The van der Waals surface area contributed by atoms with Gasteiger partial charge in [-0.2, -0.15) is 4.37 Å². The fraction of sp³-hybridized carbons (Fsp3) is 0.355. The molecule has 2 atom stereocenters. The van der Waals surface area contributed by atoms with Crippen LogP contribution in [0.15, 0.2) is 78.9 Å². The smallest absolute Gasteiger partial charge is 0.205 e. The summed E-state index contributed by atoms with van der Waals surface area (Å²) >= 11 is 7.58. The molecule has 3 aromatic carbocycles. The quantitative estimate of drug-likeness (QED) is 0.236. The van der Waals surface area contributed by atoms with E-state index < -0.39 is 0 Å². The summed E-state index contributed by atoms with van der Waals surface area (Å²) < 4.78 is 17.1. The highest BCUT2D eigenvalue weighted by molar-refractivity contribution is 7.09. The molecule has 1 aromatic heterocycles. The maximum atomic E-state index is 6.43. The second-order valence-electron chi connectivity index (χ2n) is 10.1. The highest BCUT2D eigenvalue weighted by Gasteiger charge is 2.28. The van der Waals surface area contributed by atoms with E-state index in [9.17, 15) is 0 Å². The van der Waals surface area contributed by atoms with Crippen molar-refractivity contribution in [1.29, 1.82) is 0 Å². The molecule has 0 aliphatic carbocycles. The number of rotatable bonds is 8. The Morgan fingerprint density at radius 1 is 0.923 bits per heavy atom. The average Bonchev–Trinajstić information content (AvgIpc) is 3.48. The Morgan fingerprint density at radius 2 is 1.69 bits per heavy atom. The number of piperazine rings is 1. The number of hydrogen-bond donors (Lipinski definition) is 0. The van der Waals surface area contributed by atoms with Crippen molar-refractivity contribution >= 4 is 28.3 Å². The monoisotopic (exact) mass is 560 g/mol. The lowest BCUT2D eigenvalue weighted by molar-refractivity contribution is -0.182. The molecule has 0 saturated carbocycles. The molecule has 202 valence electrons. The minimum atomic E-state index is -0.329. The van der Waals surface area contributed by atoms with Crippen LogP contribution in [0.3, 0.4) is 0 Å². The van der Waals surface area contributed by atoms with Crippen LogP contribution in [0.4, 0.5) is 5.13 Å². The van der Waals surface area contributed by atoms with Gasteiger partial charge in [-0.15, -0.1) is 0 Å². The molecule has 2 aliphatic heterocycles. The fourth-order valence-electron chi connectivity index (χ4n) is 5.26. The molecule has 0 spiro atoms. The molecule has 2 saturated heterocycles. The zero-order valence-electron chi connectivity index (χ0n) is 21.9. The topological polar surface area (TPSA) is 50.7 Å². The van der Waals surface area contributed by atoms with Crippen LogP contribution in [0.25, 0.3) is 11.1 Å². The Kier molecular flexibility index (Phi) is 8.52. The van der Waals surface area contributed by atoms with Crippen molar-refractivity contribution in [1.82, 2.24) is 14.3 Å². The van der Waals surface area contributed by atoms with Crippen molar-refractivity contribution in [2.24, 2.45) is 0 Å². The van der Waals surface area contributed by atoms with E-state index in [1.807, 2.05) is 30.3 Å². The van der Waals surface area contributed by atoms with E-state index in [2.05, 4.69) is 58.3 Å². The van der Waals surface area contributed by atoms with E-state index in [0.29, 0.717) is 0 Å². The molecule has 0 amide bonds. The predicted octanol–water partition coefficient (Wildman–Crippen LogP) is 6.81. The van der Waals surface area contributed by atoms with E-state index in [4.69, 9.17) is 30.4 Å². The number of ether oxygens (including phenoxy) is 2. The Morgan fingerprint density at radius 3 is 2.46 bits per heavy atom. The highest BCUT2D eigenvalue weighted by Crippen LogP contribution is 2.32. The van der Waals surface area contributed by atoms with E-state index in [0.717, 1.165) is 80.1 Å². The van der Waals surface area contributed by atoms with Crippen molar-refractivity contribution < 1.29 is 9.47 Å². The van der Waals surface area contributed by atoms with Gasteiger partial charge in [0.1, 0.15) is 6.10 Å². The fourth-order valence-corrected chi connectivity index (χ4v) is 6.13. The summed E-state index contributed by atoms with van der Waals surface area (Å²) in [7, 11) is 0. The van der Waals surface area contributed by atoms with Gasteiger partial charge in [-0.25, -0.2) is 4.98 Å². The molecule has 2 unspecified atom stereocenters. The first-order valence-electron chi connectivity index (χ1n) is 13.7. The van der Waals surface area contributed by atoms with Gasteiger partial charge in [0.25, 0.3) is 0 Å². The minimum absolute atomic E-state index is 0.213. The van der Waals surface area contributed by atoms with Gasteiger partial charge in [0.05, 0.1) is 0 Å². The molecule has 0 radical (unpaired) electrons. The summed E-state index contributed by atoms with van der Waals surface area (Å²) in [6.07, 6.45) is 2.58. The standard InChI is InChI=1S/C31H33ClN4O2S/c32-26-15-13-23(14-16-26)27-11-5-4-10-25(27)22-35-17-19-36(20-18-35)31-33-30(34-39-31)29(24-8-2-1-3-9-24)38-28-12-6-7-21-37-28/h1-5,8-11,13-16,28-29H,6-7,12,17-22H2. The first kappa shape index (κ1) is 26.4. The van der Waals surface area contributed by atoms with Gasteiger partial charge in [0.15, 0.2) is 12.1 Å². The molecule has 6 nitrogen and oxygen atoms in total. The largest absolute Gasteiger partial charge is 0.353 e. The third kappa shape index (κ3) is 6.51. The molecule has 6 rings (SSSR count). The maximum Gasteiger partial charge on any atom is 0.205 e. The Labute approximate surface area is 239 Å². The third-order valence-corrected chi connectivity index (χ3v) is 8.45. The number of aromatic nitrogens is 2. The van der Waals surface area contributed by atoms with E-state index >= 15 is 0 Å². The zero-order valence-corrected chi connectivity index (χ0v) is 23.5. The number of nitrogens with zero attached hydrogens (tertiary/aromatic N) is 4. The van der Waals surface area contributed by atoms with Crippen molar-refractivity contribution in [2.45, 2.75) is 38.2 Å². The van der Waals surface area contributed by atoms with Crippen LogP contribution in [0, 0.1) is 0 Å². The van der Waals surface area contributed by atoms with Crippen molar-refractivity contribution in [3.8, 4) is 11.1 Å².